The number of amides is 1. The van der Waals surface area contributed by atoms with Crippen molar-refractivity contribution in [2.75, 3.05) is 12.4 Å². The van der Waals surface area contributed by atoms with E-state index >= 15 is 0 Å². The third-order valence-corrected chi connectivity index (χ3v) is 7.85. The van der Waals surface area contributed by atoms with E-state index in [0.29, 0.717) is 17.6 Å². The van der Waals surface area contributed by atoms with Crippen molar-refractivity contribution in [3.63, 3.8) is 0 Å². The number of para-hydroxylation sites is 1. The van der Waals surface area contributed by atoms with E-state index in [1.54, 1.807) is 6.21 Å². The summed E-state index contributed by atoms with van der Waals surface area (Å²) in [6.45, 7) is 5.59. The van der Waals surface area contributed by atoms with E-state index in [-0.39, 0.29) is 11.7 Å². The lowest BCUT2D eigenvalue weighted by Crippen LogP contribution is -2.20. The van der Waals surface area contributed by atoms with E-state index in [0.717, 1.165) is 29.1 Å². The van der Waals surface area contributed by atoms with Crippen molar-refractivity contribution < 1.29 is 9.53 Å². The first-order chi connectivity index (χ1) is 20.7. The van der Waals surface area contributed by atoms with Gasteiger partial charge >= 0.3 is 0 Å². The van der Waals surface area contributed by atoms with Gasteiger partial charge in [-0.3, -0.25) is 9.36 Å². The average molecular weight is 575 g/mol. The van der Waals surface area contributed by atoms with E-state index in [1.807, 2.05) is 72.2 Å². The highest BCUT2D eigenvalue weighted by atomic mass is 32.2. The zero-order chi connectivity index (χ0) is 28.9. The van der Waals surface area contributed by atoms with E-state index in [1.165, 1.54) is 33.6 Å². The summed E-state index contributed by atoms with van der Waals surface area (Å²) in [7, 11) is 0. The number of aromatic nitrogens is 4. The molecule has 0 aliphatic carbocycles. The number of carbonyl (C=O) groups excluding carboxylic acids is 1. The summed E-state index contributed by atoms with van der Waals surface area (Å²) in [5.74, 6) is 1.38. The van der Waals surface area contributed by atoms with Gasteiger partial charge in [0.1, 0.15) is 5.75 Å². The molecule has 2 heterocycles. The smallest absolute Gasteiger partial charge is 0.250 e. The van der Waals surface area contributed by atoms with Gasteiger partial charge in [-0.05, 0) is 61.9 Å². The molecule has 2 aromatic heterocycles. The number of carbonyl (C=O) groups is 1. The molecular weight excluding hydrogens is 544 g/mol. The molecule has 0 bridgehead atoms. The topological polar surface area (TPSA) is 86.3 Å². The molecule has 0 spiro atoms. The van der Waals surface area contributed by atoms with E-state index in [9.17, 15) is 4.79 Å². The zero-order valence-electron chi connectivity index (χ0n) is 23.4. The molecule has 9 heteroatoms. The Morgan fingerprint density at radius 2 is 1.67 bits per heavy atom. The molecule has 210 valence electrons. The third-order valence-electron chi connectivity index (χ3n) is 6.92. The molecule has 0 atom stereocenters. The van der Waals surface area contributed by atoms with Crippen molar-refractivity contribution in [2.24, 2.45) is 5.10 Å². The molecule has 0 aliphatic heterocycles. The van der Waals surface area contributed by atoms with E-state index in [2.05, 4.69) is 68.6 Å². The number of hydrogen-bond acceptors (Lipinski definition) is 6. The van der Waals surface area contributed by atoms with Crippen LogP contribution in [0.2, 0.25) is 0 Å². The van der Waals surface area contributed by atoms with Gasteiger partial charge in [0.15, 0.2) is 11.0 Å². The van der Waals surface area contributed by atoms with Gasteiger partial charge in [0.05, 0.1) is 18.6 Å². The van der Waals surface area contributed by atoms with Gasteiger partial charge in [0.25, 0.3) is 5.91 Å². The third kappa shape index (κ3) is 5.51. The van der Waals surface area contributed by atoms with Crippen molar-refractivity contribution in [2.45, 2.75) is 25.5 Å². The number of fused-ring (bicyclic) bond motifs is 3. The van der Waals surface area contributed by atoms with Gasteiger partial charge < -0.3 is 9.30 Å². The highest BCUT2D eigenvalue weighted by Crippen LogP contribution is 2.30. The Hall–Kier alpha value is -4.89. The molecule has 1 amide bonds. The molecule has 4 aromatic carbocycles. The Morgan fingerprint density at radius 1 is 0.905 bits per heavy atom. The number of thioether (sulfide) groups is 1. The number of nitrogens with one attached hydrogen (secondary N) is 1. The standard InChI is InChI=1S/C33H30N6O2S/c1-3-38-29-13-9-8-12-27(29)28-20-23(14-19-30(28)38)21-34-35-31(40)22-42-33-37-36-32(24-10-6-5-7-11-24)39(33)25-15-17-26(18-16-25)41-4-2/h5-21H,3-4,22H2,1-2H3,(H,35,40)/b34-21+. The Kier molecular flexibility index (Phi) is 8.00. The summed E-state index contributed by atoms with van der Waals surface area (Å²) in [6, 6.07) is 32.3. The van der Waals surface area contributed by atoms with Crippen LogP contribution >= 0.6 is 11.8 Å². The van der Waals surface area contributed by atoms with Crippen molar-refractivity contribution in [1.29, 1.82) is 0 Å². The summed E-state index contributed by atoms with van der Waals surface area (Å²) in [5.41, 5.74) is 7.77. The minimum absolute atomic E-state index is 0.129. The first kappa shape index (κ1) is 27.3. The first-order valence-corrected chi connectivity index (χ1v) is 14.8. The van der Waals surface area contributed by atoms with Crippen LogP contribution in [0.15, 0.2) is 107 Å². The molecule has 0 aliphatic rings. The molecule has 1 N–H and O–H groups in total. The van der Waals surface area contributed by atoms with Crippen LogP contribution in [-0.2, 0) is 11.3 Å². The highest BCUT2D eigenvalue weighted by Gasteiger charge is 2.17. The monoisotopic (exact) mass is 574 g/mol. The largest absolute Gasteiger partial charge is 0.494 e. The predicted octanol–water partition coefficient (Wildman–Crippen LogP) is 6.70. The van der Waals surface area contributed by atoms with Crippen LogP contribution < -0.4 is 10.2 Å². The van der Waals surface area contributed by atoms with Crippen LogP contribution in [0.25, 0.3) is 38.9 Å². The van der Waals surface area contributed by atoms with E-state index < -0.39 is 0 Å². The second-order valence-corrected chi connectivity index (χ2v) is 10.5. The number of ether oxygens (including phenoxy) is 1. The maximum absolute atomic E-state index is 12.8. The summed E-state index contributed by atoms with van der Waals surface area (Å²) in [6.07, 6.45) is 1.68. The fourth-order valence-electron chi connectivity index (χ4n) is 5.06. The quantitative estimate of drug-likeness (QED) is 0.112. The van der Waals surface area contributed by atoms with Crippen LogP contribution in [0, 0.1) is 0 Å². The molecule has 42 heavy (non-hydrogen) atoms. The van der Waals surface area contributed by atoms with Crippen molar-refractivity contribution >= 4 is 45.7 Å². The first-order valence-electron chi connectivity index (χ1n) is 13.9. The average Bonchev–Trinajstić information content (AvgIpc) is 3.60. The molecule has 6 aromatic rings. The molecule has 0 radical (unpaired) electrons. The van der Waals surface area contributed by atoms with E-state index in [4.69, 9.17) is 4.74 Å². The van der Waals surface area contributed by atoms with Crippen molar-refractivity contribution in [1.82, 2.24) is 24.8 Å². The van der Waals surface area contributed by atoms with Crippen molar-refractivity contribution in [3.8, 4) is 22.8 Å². The maximum Gasteiger partial charge on any atom is 0.250 e. The molecule has 0 saturated carbocycles. The molecule has 0 unspecified atom stereocenters. The van der Waals surface area contributed by atoms with Crippen LogP contribution in [0.1, 0.15) is 19.4 Å². The summed E-state index contributed by atoms with van der Waals surface area (Å²) in [4.78, 5) is 12.8. The SMILES string of the molecule is CCOc1ccc(-n2c(SCC(=O)N/N=C/c3ccc4c(c3)c3ccccc3n4CC)nnc2-c2ccccc2)cc1. The van der Waals surface area contributed by atoms with Crippen molar-refractivity contribution in [3.05, 3.63) is 103 Å². The minimum Gasteiger partial charge on any atom is -0.494 e. The Labute approximate surface area is 248 Å². The number of nitrogens with zero attached hydrogens (tertiary/aromatic N) is 5. The number of hydrazone groups is 1. The van der Waals surface area contributed by atoms with Gasteiger partial charge in [0.2, 0.25) is 0 Å². The Bertz CT molecular complexity index is 1880. The fraction of sp³-hybridized carbons (Fsp3) is 0.152. The summed E-state index contributed by atoms with van der Waals surface area (Å²) in [5, 5.41) is 16.1. The van der Waals surface area contributed by atoms with Gasteiger partial charge in [-0.15, -0.1) is 10.2 Å². The van der Waals surface area contributed by atoms with Gasteiger partial charge in [-0.25, -0.2) is 5.43 Å². The lowest BCUT2D eigenvalue weighted by molar-refractivity contribution is -0.118. The zero-order valence-corrected chi connectivity index (χ0v) is 24.2. The normalized spacial score (nSPS) is 11.5. The summed E-state index contributed by atoms with van der Waals surface area (Å²) >= 11 is 1.30. The predicted molar refractivity (Wildman–Crippen MR) is 170 cm³/mol. The second-order valence-electron chi connectivity index (χ2n) is 9.55. The maximum atomic E-state index is 12.8. The highest BCUT2D eigenvalue weighted by molar-refractivity contribution is 7.99. The lowest BCUT2D eigenvalue weighted by atomic mass is 10.1. The minimum atomic E-state index is -0.234. The molecule has 0 fully saturated rings. The Morgan fingerprint density at radius 3 is 2.45 bits per heavy atom. The van der Waals surface area contributed by atoms with Gasteiger partial charge in [-0.1, -0.05) is 66.4 Å². The molecular formula is C33H30N6O2S. The molecule has 8 nitrogen and oxygen atoms in total. The van der Waals surface area contributed by atoms with Crippen LogP contribution in [0.3, 0.4) is 0 Å². The summed E-state index contributed by atoms with van der Waals surface area (Å²) < 4.78 is 9.86. The number of rotatable bonds is 10. The number of hydrogen-bond donors (Lipinski definition) is 1. The Balaban J connectivity index is 1.17. The molecule has 0 saturated heterocycles. The number of benzene rings is 4. The van der Waals surface area contributed by atoms with Crippen LogP contribution in [0.4, 0.5) is 0 Å². The van der Waals surface area contributed by atoms with Crippen LogP contribution in [0.5, 0.6) is 5.75 Å². The second kappa shape index (κ2) is 12.3. The lowest BCUT2D eigenvalue weighted by Gasteiger charge is -2.11. The van der Waals surface area contributed by atoms with Gasteiger partial charge in [0, 0.05) is 39.6 Å². The fourth-order valence-corrected chi connectivity index (χ4v) is 5.81. The van der Waals surface area contributed by atoms with Crippen LogP contribution in [-0.4, -0.2) is 43.8 Å². The van der Waals surface area contributed by atoms with Gasteiger partial charge in [-0.2, -0.15) is 5.10 Å². The molecule has 6 rings (SSSR count). The number of aryl methyl sites for hydroxylation is 1.